The van der Waals surface area contributed by atoms with Gasteiger partial charge in [0.15, 0.2) is 0 Å². The summed E-state index contributed by atoms with van der Waals surface area (Å²) in [5, 5.41) is 5.36. The molecular weight excluding hydrogens is 398 g/mol. The van der Waals surface area contributed by atoms with Crippen molar-refractivity contribution in [2.24, 2.45) is 0 Å². The van der Waals surface area contributed by atoms with E-state index in [1.54, 1.807) is 24.3 Å². The summed E-state index contributed by atoms with van der Waals surface area (Å²) in [6.07, 6.45) is 0.740. The van der Waals surface area contributed by atoms with Crippen LogP contribution in [-0.2, 0) is 4.79 Å². The van der Waals surface area contributed by atoms with Crippen LogP contribution in [0.15, 0.2) is 60.0 Å². The lowest BCUT2D eigenvalue weighted by atomic mass is 10.2. The van der Waals surface area contributed by atoms with Crippen LogP contribution in [0, 0.1) is 0 Å². The fourth-order valence-corrected chi connectivity index (χ4v) is 3.81. The number of nitrogens with one attached hydrogen (secondary N) is 1. The molecule has 0 radical (unpaired) electrons. The van der Waals surface area contributed by atoms with Crippen molar-refractivity contribution >= 4 is 28.8 Å². The number of amides is 2. The number of nitrogens with zero attached hydrogens (tertiary/aromatic N) is 2. The zero-order valence-electron chi connectivity index (χ0n) is 17.3. The molecule has 3 aromatic rings. The van der Waals surface area contributed by atoms with Gasteiger partial charge >= 0.3 is 0 Å². The molecule has 0 aliphatic carbocycles. The molecule has 1 N–H and O–H groups in total. The van der Waals surface area contributed by atoms with Crippen molar-refractivity contribution < 1.29 is 14.3 Å². The number of benzene rings is 2. The summed E-state index contributed by atoms with van der Waals surface area (Å²) in [6.45, 7) is 4.19. The van der Waals surface area contributed by atoms with E-state index in [9.17, 15) is 9.59 Å². The van der Waals surface area contributed by atoms with Gasteiger partial charge in [-0.2, -0.15) is 0 Å². The monoisotopic (exact) mass is 423 g/mol. The average molecular weight is 424 g/mol. The second kappa shape index (κ2) is 10.0. The molecule has 30 heavy (non-hydrogen) atoms. The van der Waals surface area contributed by atoms with Crippen molar-refractivity contribution in [2.75, 3.05) is 19.0 Å². The minimum atomic E-state index is -0.621. The summed E-state index contributed by atoms with van der Waals surface area (Å²) in [4.78, 5) is 32.0. The summed E-state index contributed by atoms with van der Waals surface area (Å²) < 4.78 is 5.18. The molecule has 156 valence electrons. The summed E-state index contributed by atoms with van der Waals surface area (Å²) >= 11 is 1.40. The molecule has 0 saturated carbocycles. The third-order valence-electron chi connectivity index (χ3n) is 4.67. The summed E-state index contributed by atoms with van der Waals surface area (Å²) in [6, 6.07) is 16.1. The molecule has 0 bridgehead atoms. The van der Waals surface area contributed by atoms with Crippen LogP contribution in [0.5, 0.6) is 5.75 Å². The standard InChI is InChI=1S/C23H25N3O3S/c1-4-14-26(16(2)21(27)24-18-8-6-5-7-9-18)23(28)20-15-30-22(25-20)17-10-12-19(29-3)13-11-17/h5-13,15-16H,4,14H2,1-3H3,(H,24,27). The van der Waals surface area contributed by atoms with Gasteiger partial charge in [-0.3, -0.25) is 9.59 Å². The first-order valence-electron chi connectivity index (χ1n) is 9.80. The number of para-hydroxylation sites is 1. The van der Waals surface area contributed by atoms with E-state index in [1.165, 1.54) is 11.3 Å². The van der Waals surface area contributed by atoms with E-state index in [1.807, 2.05) is 61.5 Å². The number of anilines is 1. The lowest BCUT2D eigenvalue weighted by molar-refractivity contribution is -0.120. The van der Waals surface area contributed by atoms with E-state index >= 15 is 0 Å². The van der Waals surface area contributed by atoms with E-state index in [2.05, 4.69) is 10.3 Å². The number of hydrogen-bond donors (Lipinski definition) is 1. The van der Waals surface area contributed by atoms with Gasteiger partial charge in [0.25, 0.3) is 5.91 Å². The van der Waals surface area contributed by atoms with E-state index in [0.29, 0.717) is 17.9 Å². The van der Waals surface area contributed by atoms with Gasteiger partial charge in [0.1, 0.15) is 22.5 Å². The van der Waals surface area contributed by atoms with Crippen molar-refractivity contribution in [1.29, 1.82) is 0 Å². The average Bonchev–Trinajstić information content (AvgIpc) is 3.27. The summed E-state index contributed by atoms with van der Waals surface area (Å²) in [5.41, 5.74) is 1.96. The van der Waals surface area contributed by atoms with E-state index in [-0.39, 0.29) is 11.8 Å². The van der Waals surface area contributed by atoms with Gasteiger partial charge in [0.2, 0.25) is 5.91 Å². The van der Waals surface area contributed by atoms with Crippen LogP contribution in [0.4, 0.5) is 5.69 Å². The van der Waals surface area contributed by atoms with Gasteiger partial charge in [0, 0.05) is 23.2 Å². The van der Waals surface area contributed by atoms with Gasteiger partial charge in [-0.05, 0) is 49.7 Å². The Morgan fingerprint density at radius 1 is 1.13 bits per heavy atom. The maximum absolute atomic E-state index is 13.1. The number of thiazole rings is 1. The molecule has 1 atom stereocenters. The van der Waals surface area contributed by atoms with E-state index < -0.39 is 6.04 Å². The van der Waals surface area contributed by atoms with Gasteiger partial charge in [-0.25, -0.2) is 4.98 Å². The Hall–Kier alpha value is -3.19. The Bertz CT molecular complexity index is 986. The minimum absolute atomic E-state index is 0.228. The molecule has 0 spiro atoms. The van der Waals surface area contributed by atoms with Crippen molar-refractivity contribution in [2.45, 2.75) is 26.3 Å². The second-order valence-electron chi connectivity index (χ2n) is 6.80. The maximum atomic E-state index is 13.1. The molecule has 0 saturated heterocycles. The Labute approximate surface area is 180 Å². The molecule has 1 aromatic heterocycles. The fraction of sp³-hybridized carbons (Fsp3) is 0.261. The SMILES string of the molecule is CCCN(C(=O)c1csc(-c2ccc(OC)cc2)n1)C(C)C(=O)Nc1ccccc1. The smallest absolute Gasteiger partial charge is 0.274 e. The molecule has 2 amide bonds. The zero-order valence-corrected chi connectivity index (χ0v) is 18.1. The molecule has 2 aromatic carbocycles. The lowest BCUT2D eigenvalue weighted by Crippen LogP contribution is -2.46. The Morgan fingerprint density at radius 3 is 2.47 bits per heavy atom. The quantitative estimate of drug-likeness (QED) is 0.570. The normalized spacial score (nSPS) is 11.6. The highest BCUT2D eigenvalue weighted by atomic mass is 32.1. The number of carbonyl (C=O) groups is 2. The number of ether oxygens (including phenoxy) is 1. The molecule has 0 fully saturated rings. The van der Waals surface area contributed by atoms with Crippen LogP contribution in [0.25, 0.3) is 10.6 Å². The van der Waals surface area contributed by atoms with Gasteiger partial charge in [-0.15, -0.1) is 11.3 Å². The molecule has 6 nitrogen and oxygen atoms in total. The maximum Gasteiger partial charge on any atom is 0.274 e. The highest BCUT2D eigenvalue weighted by Gasteiger charge is 2.28. The highest BCUT2D eigenvalue weighted by molar-refractivity contribution is 7.13. The van der Waals surface area contributed by atoms with Gasteiger partial charge in [-0.1, -0.05) is 25.1 Å². The van der Waals surface area contributed by atoms with Crippen LogP contribution in [0.2, 0.25) is 0 Å². The molecule has 0 aliphatic heterocycles. The number of rotatable bonds is 8. The molecule has 1 unspecified atom stereocenters. The summed E-state index contributed by atoms with van der Waals surface area (Å²) in [5.74, 6) is 0.288. The first-order chi connectivity index (χ1) is 14.5. The Morgan fingerprint density at radius 2 is 1.83 bits per heavy atom. The predicted molar refractivity (Wildman–Crippen MR) is 120 cm³/mol. The van der Waals surface area contributed by atoms with Gasteiger partial charge in [0.05, 0.1) is 7.11 Å². The summed E-state index contributed by atoms with van der Waals surface area (Å²) in [7, 11) is 1.62. The molecule has 7 heteroatoms. The third-order valence-corrected chi connectivity index (χ3v) is 5.57. The number of aromatic nitrogens is 1. The minimum Gasteiger partial charge on any atom is -0.497 e. The Balaban J connectivity index is 1.76. The van der Waals surface area contributed by atoms with Crippen molar-refractivity contribution in [3.63, 3.8) is 0 Å². The predicted octanol–water partition coefficient (Wildman–Crippen LogP) is 4.70. The topological polar surface area (TPSA) is 71.5 Å². The molecular formula is C23H25N3O3S. The van der Waals surface area contributed by atoms with E-state index in [0.717, 1.165) is 22.7 Å². The van der Waals surface area contributed by atoms with Crippen LogP contribution in [0.3, 0.4) is 0 Å². The lowest BCUT2D eigenvalue weighted by Gasteiger charge is -2.27. The molecule has 1 heterocycles. The second-order valence-corrected chi connectivity index (χ2v) is 7.65. The van der Waals surface area contributed by atoms with Gasteiger partial charge < -0.3 is 15.0 Å². The van der Waals surface area contributed by atoms with Crippen LogP contribution in [-0.4, -0.2) is 41.4 Å². The highest BCUT2D eigenvalue weighted by Crippen LogP contribution is 2.26. The zero-order chi connectivity index (χ0) is 21.5. The number of hydrogen-bond acceptors (Lipinski definition) is 5. The van der Waals surface area contributed by atoms with Crippen molar-refractivity contribution in [1.82, 2.24) is 9.88 Å². The van der Waals surface area contributed by atoms with Crippen molar-refractivity contribution in [3.05, 3.63) is 65.7 Å². The Kier molecular flexibility index (Phi) is 7.19. The molecule has 3 rings (SSSR count). The van der Waals surface area contributed by atoms with Crippen LogP contribution >= 0.6 is 11.3 Å². The first-order valence-corrected chi connectivity index (χ1v) is 10.7. The van der Waals surface area contributed by atoms with Crippen molar-refractivity contribution in [3.8, 4) is 16.3 Å². The fourth-order valence-electron chi connectivity index (χ4n) is 3.01. The number of carbonyl (C=O) groups excluding carboxylic acids is 2. The first kappa shape index (κ1) is 21.5. The molecule has 0 aliphatic rings. The van der Waals surface area contributed by atoms with E-state index in [4.69, 9.17) is 4.74 Å². The largest absolute Gasteiger partial charge is 0.497 e. The van der Waals surface area contributed by atoms with Crippen LogP contribution in [0.1, 0.15) is 30.8 Å². The van der Waals surface area contributed by atoms with Crippen LogP contribution < -0.4 is 10.1 Å². The number of methoxy groups -OCH3 is 1. The third kappa shape index (κ3) is 5.04.